The predicted octanol–water partition coefficient (Wildman–Crippen LogP) is 4.79. The van der Waals surface area contributed by atoms with E-state index in [2.05, 4.69) is 43.4 Å². The van der Waals surface area contributed by atoms with Crippen molar-refractivity contribution in [1.29, 1.82) is 0 Å². The Labute approximate surface area is 127 Å². The van der Waals surface area contributed by atoms with Gasteiger partial charge in [0.2, 0.25) is 0 Å². The first kappa shape index (κ1) is 15.7. The molecule has 0 aliphatic carbocycles. The van der Waals surface area contributed by atoms with Gasteiger partial charge in [-0.05, 0) is 54.6 Å². The van der Waals surface area contributed by atoms with Crippen LogP contribution in [0.2, 0.25) is 0 Å². The van der Waals surface area contributed by atoms with E-state index in [1.807, 2.05) is 12.1 Å². The van der Waals surface area contributed by atoms with Crippen LogP contribution in [0.3, 0.4) is 0 Å². The Balaban J connectivity index is 2.33. The molecule has 0 saturated heterocycles. The van der Waals surface area contributed by atoms with Crippen molar-refractivity contribution < 1.29 is 4.39 Å². The van der Waals surface area contributed by atoms with Crippen molar-refractivity contribution in [2.75, 3.05) is 6.54 Å². The Bertz CT molecular complexity index is 575. The largest absolute Gasteiger partial charge is 0.306 e. The fourth-order valence-electron chi connectivity index (χ4n) is 2.45. The summed E-state index contributed by atoms with van der Waals surface area (Å²) in [6.45, 7) is 7.00. The summed E-state index contributed by atoms with van der Waals surface area (Å²) in [5, 5.41) is 3.52. The SMILES string of the molecule is CCCNC(c1ccc(CC)cc1)c1ccc(C)c(F)c1. The topological polar surface area (TPSA) is 12.0 Å². The van der Waals surface area contributed by atoms with E-state index in [0.717, 1.165) is 24.9 Å². The third-order valence-electron chi connectivity index (χ3n) is 3.85. The van der Waals surface area contributed by atoms with E-state index in [1.165, 1.54) is 11.1 Å². The minimum Gasteiger partial charge on any atom is -0.306 e. The zero-order chi connectivity index (χ0) is 15.2. The van der Waals surface area contributed by atoms with Gasteiger partial charge in [-0.15, -0.1) is 0 Å². The van der Waals surface area contributed by atoms with E-state index in [-0.39, 0.29) is 11.9 Å². The second-order valence-electron chi connectivity index (χ2n) is 5.49. The lowest BCUT2D eigenvalue weighted by Gasteiger charge is -2.20. The van der Waals surface area contributed by atoms with Crippen molar-refractivity contribution in [2.45, 2.75) is 39.7 Å². The molecule has 0 aromatic heterocycles. The zero-order valence-electron chi connectivity index (χ0n) is 13.1. The molecule has 1 nitrogen and oxygen atoms in total. The zero-order valence-corrected chi connectivity index (χ0v) is 13.1. The highest BCUT2D eigenvalue weighted by Gasteiger charge is 2.14. The molecule has 2 aromatic carbocycles. The number of halogens is 1. The van der Waals surface area contributed by atoms with Crippen LogP contribution in [-0.4, -0.2) is 6.54 Å². The molecule has 1 N–H and O–H groups in total. The van der Waals surface area contributed by atoms with Gasteiger partial charge in [0, 0.05) is 0 Å². The van der Waals surface area contributed by atoms with Crippen molar-refractivity contribution in [1.82, 2.24) is 5.32 Å². The van der Waals surface area contributed by atoms with Gasteiger partial charge < -0.3 is 5.32 Å². The first-order valence-electron chi connectivity index (χ1n) is 7.74. The Morgan fingerprint density at radius 3 is 2.24 bits per heavy atom. The van der Waals surface area contributed by atoms with Crippen LogP contribution >= 0.6 is 0 Å². The van der Waals surface area contributed by atoms with Gasteiger partial charge in [-0.1, -0.05) is 50.2 Å². The number of nitrogens with one attached hydrogen (secondary N) is 1. The standard InChI is InChI=1S/C19H24FN/c1-4-12-21-19(16-10-7-15(5-2)8-11-16)17-9-6-14(3)18(20)13-17/h6-11,13,19,21H,4-5,12H2,1-3H3. The predicted molar refractivity (Wildman–Crippen MR) is 87.1 cm³/mol. The summed E-state index contributed by atoms with van der Waals surface area (Å²) in [6.07, 6.45) is 2.09. The summed E-state index contributed by atoms with van der Waals surface area (Å²) >= 11 is 0. The summed E-state index contributed by atoms with van der Waals surface area (Å²) in [4.78, 5) is 0. The highest BCUT2D eigenvalue weighted by Crippen LogP contribution is 2.24. The second-order valence-corrected chi connectivity index (χ2v) is 5.49. The molecule has 112 valence electrons. The summed E-state index contributed by atoms with van der Waals surface area (Å²) < 4.78 is 13.9. The first-order chi connectivity index (χ1) is 10.2. The maximum atomic E-state index is 13.9. The minimum absolute atomic E-state index is 0.0472. The fourth-order valence-corrected chi connectivity index (χ4v) is 2.45. The Morgan fingerprint density at radius 1 is 1.00 bits per heavy atom. The number of rotatable bonds is 6. The van der Waals surface area contributed by atoms with Gasteiger partial charge in [-0.3, -0.25) is 0 Å². The van der Waals surface area contributed by atoms with Crippen LogP contribution in [0.25, 0.3) is 0 Å². The van der Waals surface area contributed by atoms with Crippen molar-refractivity contribution in [2.24, 2.45) is 0 Å². The average molecular weight is 285 g/mol. The summed E-state index contributed by atoms with van der Waals surface area (Å²) in [7, 11) is 0. The molecular weight excluding hydrogens is 261 g/mol. The van der Waals surface area contributed by atoms with Gasteiger partial charge >= 0.3 is 0 Å². The first-order valence-corrected chi connectivity index (χ1v) is 7.74. The highest BCUT2D eigenvalue weighted by molar-refractivity contribution is 5.35. The number of hydrogen-bond acceptors (Lipinski definition) is 1. The molecule has 0 heterocycles. The molecular formula is C19H24FN. The van der Waals surface area contributed by atoms with Crippen LogP contribution in [0.1, 0.15) is 48.6 Å². The quantitative estimate of drug-likeness (QED) is 0.805. The number of benzene rings is 2. The summed E-state index contributed by atoms with van der Waals surface area (Å²) in [6, 6.07) is 14.2. The van der Waals surface area contributed by atoms with E-state index in [1.54, 1.807) is 13.0 Å². The van der Waals surface area contributed by atoms with Crippen molar-refractivity contribution in [3.63, 3.8) is 0 Å². The molecule has 0 saturated carbocycles. The van der Waals surface area contributed by atoms with E-state index in [9.17, 15) is 4.39 Å². The van der Waals surface area contributed by atoms with Crippen molar-refractivity contribution in [3.8, 4) is 0 Å². The molecule has 0 spiro atoms. The molecule has 1 atom stereocenters. The average Bonchev–Trinajstić information content (AvgIpc) is 2.51. The van der Waals surface area contributed by atoms with Crippen LogP contribution in [0.5, 0.6) is 0 Å². The molecule has 0 amide bonds. The van der Waals surface area contributed by atoms with Crippen molar-refractivity contribution in [3.05, 3.63) is 70.5 Å². The lowest BCUT2D eigenvalue weighted by Crippen LogP contribution is -2.23. The molecule has 2 rings (SSSR count). The van der Waals surface area contributed by atoms with Gasteiger partial charge in [0.1, 0.15) is 5.82 Å². The molecule has 0 radical (unpaired) electrons. The minimum atomic E-state index is -0.138. The lowest BCUT2D eigenvalue weighted by atomic mass is 9.96. The molecule has 0 aliphatic rings. The van der Waals surface area contributed by atoms with Gasteiger partial charge in [0.25, 0.3) is 0 Å². The molecule has 0 bridgehead atoms. The number of aryl methyl sites for hydroxylation is 2. The van der Waals surface area contributed by atoms with Crippen LogP contribution in [0, 0.1) is 12.7 Å². The smallest absolute Gasteiger partial charge is 0.126 e. The number of hydrogen-bond donors (Lipinski definition) is 1. The van der Waals surface area contributed by atoms with E-state index in [0.29, 0.717) is 5.56 Å². The Kier molecular flexibility index (Phi) is 5.51. The summed E-state index contributed by atoms with van der Waals surface area (Å²) in [5.41, 5.74) is 4.18. The van der Waals surface area contributed by atoms with Gasteiger partial charge in [0.15, 0.2) is 0 Å². The molecule has 0 aliphatic heterocycles. The maximum absolute atomic E-state index is 13.9. The second kappa shape index (κ2) is 7.37. The lowest BCUT2D eigenvalue weighted by molar-refractivity contribution is 0.582. The molecule has 21 heavy (non-hydrogen) atoms. The van der Waals surface area contributed by atoms with Crippen LogP contribution in [0.15, 0.2) is 42.5 Å². The van der Waals surface area contributed by atoms with Gasteiger partial charge in [-0.2, -0.15) is 0 Å². The molecule has 2 aromatic rings. The van der Waals surface area contributed by atoms with Crippen LogP contribution < -0.4 is 5.32 Å². The fraction of sp³-hybridized carbons (Fsp3) is 0.368. The van der Waals surface area contributed by atoms with Crippen molar-refractivity contribution >= 4 is 0 Å². The van der Waals surface area contributed by atoms with Gasteiger partial charge in [0.05, 0.1) is 6.04 Å². The monoisotopic (exact) mass is 285 g/mol. The van der Waals surface area contributed by atoms with E-state index in [4.69, 9.17) is 0 Å². The Morgan fingerprint density at radius 2 is 1.67 bits per heavy atom. The third-order valence-corrected chi connectivity index (χ3v) is 3.85. The van der Waals surface area contributed by atoms with E-state index < -0.39 is 0 Å². The highest BCUT2D eigenvalue weighted by atomic mass is 19.1. The molecule has 0 fully saturated rings. The maximum Gasteiger partial charge on any atom is 0.126 e. The molecule has 2 heteroatoms. The third kappa shape index (κ3) is 3.92. The van der Waals surface area contributed by atoms with Gasteiger partial charge in [-0.25, -0.2) is 4.39 Å². The normalized spacial score (nSPS) is 12.4. The van der Waals surface area contributed by atoms with E-state index >= 15 is 0 Å². The Hall–Kier alpha value is -1.67. The van der Waals surface area contributed by atoms with Crippen LogP contribution in [0.4, 0.5) is 4.39 Å². The van der Waals surface area contributed by atoms with Crippen LogP contribution in [-0.2, 0) is 6.42 Å². The molecule has 1 unspecified atom stereocenters. The summed E-state index contributed by atoms with van der Waals surface area (Å²) in [5.74, 6) is -0.138.